The number of anilines is 1. The van der Waals surface area contributed by atoms with Crippen molar-refractivity contribution in [3.8, 4) is 6.07 Å². The molecule has 1 atom stereocenters. The van der Waals surface area contributed by atoms with Crippen molar-refractivity contribution in [3.63, 3.8) is 0 Å². The number of piperidine rings is 1. The molecule has 1 fully saturated rings. The number of likely N-dealkylation sites (tertiary alicyclic amines) is 1. The van der Waals surface area contributed by atoms with Gasteiger partial charge in [0.15, 0.2) is 0 Å². The zero-order valence-electron chi connectivity index (χ0n) is 15.2. The number of carbonyl (C=O) groups excluding carboxylic acids is 2. The van der Waals surface area contributed by atoms with E-state index >= 15 is 0 Å². The number of nitrogens with one attached hydrogen (secondary N) is 1. The van der Waals surface area contributed by atoms with E-state index in [-0.39, 0.29) is 17.7 Å². The molecule has 1 aliphatic carbocycles. The van der Waals surface area contributed by atoms with Gasteiger partial charge in [0.25, 0.3) is 0 Å². The summed E-state index contributed by atoms with van der Waals surface area (Å²) in [4.78, 5) is 27.0. The van der Waals surface area contributed by atoms with Gasteiger partial charge in [0.1, 0.15) is 11.1 Å². The Morgan fingerprint density at radius 2 is 2.08 bits per heavy atom. The normalized spacial score (nSPS) is 21.0. The van der Waals surface area contributed by atoms with E-state index in [4.69, 9.17) is 5.73 Å². The number of carbonyl (C=O) groups is 2. The van der Waals surface area contributed by atoms with Crippen molar-refractivity contribution in [3.05, 3.63) is 16.0 Å². The molecule has 0 saturated carbocycles. The third kappa shape index (κ3) is 4.25. The Morgan fingerprint density at radius 1 is 1.35 bits per heavy atom. The van der Waals surface area contributed by atoms with Gasteiger partial charge in [-0.2, -0.15) is 5.26 Å². The first-order chi connectivity index (χ1) is 12.5. The van der Waals surface area contributed by atoms with Crippen LogP contribution in [0.5, 0.6) is 0 Å². The fraction of sp³-hybridized carbons (Fsp3) is 0.632. The SMILES string of the molecule is CC1CCc2c(sc(NC(=O)CCN3CCC(C(N)=O)CC3)c2C#N)C1. The molecule has 0 radical (unpaired) electrons. The van der Waals surface area contributed by atoms with Crippen LogP contribution in [0.25, 0.3) is 0 Å². The summed E-state index contributed by atoms with van der Waals surface area (Å²) in [5, 5.41) is 13.2. The minimum atomic E-state index is -0.220. The minimum absolute atomic E-state index is 0.0295. The smallest absolute Gasteiger partial charge is 0.226 e. The Balaban J connectivity index is 1.53. The molecule has 1 saturated heterocycles. The maximum atomic E-state index is 12.4. The molecule has 1 aromatic heterocycles. The summed E-state index contributed by atoms with van der Waals surface area (Å²) in [7, 11) is 0. The van der Waals surface area contributed by atoms with Crippen molar-refractivity contribution in [1.29, 1.82) is 5.26 Å². The van der Waals surface area contributed by atoms with Gasteiger partial charge in [0.05, 0.1) is 5.56 Å². The summed E-state index contributed by atoms with van der Waals surface area (Å²) in [6.45, 7) is 4.50. The molecule has 140 valence electrons. The number of amides is 2. The third-order valence-electron chi connectivity index (χ3n) is 5.52. The second-order valence-corrected chi connectivity index (χ2v) is 8.59. The van der Waals surface area contributed by atoms with Crippen molar-refractivity contribution in [2.75, 3.05) is 25.0 Å². The highest BCUT2D eigenvalue weighted by molar-refractivity contribution is 7.16. The van der Waals surface area contributed by atoms with Gasteiger partial charge in [0.2, 0.25) is 11.8 Å². The Morgan fingerprint density at radius 3 is 2.73 bits per heavy atom. The van der Waals surface area contributed by atoms with E-state index in [1.165, 1.54) is 4.88 Å². The molecule has 2 heterocycles. The molecule has 3 rings (SSSR count). The molecular weight excluding hydrogens is 348 g/mol. The summed E-state index contributed by atoms with van der Waals surface area (Å²) in [6, 6.07) is 2.29. The largest absolute Gasteiger partial charge is 0.369 e. The summed E-state index contributed by atoms with van der Waals surface area (Å²) < 4.78 is 0. The molecule has 7 heteroatoms. The molecular formula is C19H26N4O2S. The highest BCUT2D eigenvalue weighted by Gasteiger charge is 2.26. The zero-order chi connectivity index (χ0) is 18.7. The van der Waals surface area contributed by atoms with Crippen LogP contribution in [0.2, 0.25) is 0 Å². The van der Waals surface area contributed by atoms with Crippen molar-refractivity contribution < 1.29 is 9.59 Å². The summed E-state index contributed by atoms with van der Waals surface area (Å²) >= 11 is 1.56. The molecule has 0 bridgehead atoms. The van der Waals surface area contributed by atoms with E-state index in [0.29, 0.717) is 29.4 Å². The van der Waals surface area contributed by atoms with Crippen molar-refractivity contribution in [2.24, 2.45) is 17.6 Å². The maximum Gasteiger partial charge on any atom is 0.226 e. The molecule has 2 amide bonds. The summed E-state index contributed by atoms with van der Waals surface area (Å²) in [5.41, 5.74) is 7.15. The lowest BCUT2D eigenvalue weighted by Crippen LogP contribution is -2.39. The molecule has 26 heavy (non-hydrogen) atoms. The highest BCUT2D eigenvalue weighted by atomic mass is 32.1. The van der Waals surface area contributed by atoms with Crippen LogP contribution in [0.4, 0.5) is 5.00 Å². The number of hydrogen-bond donors (Lipinski definition) is 2. The molecule has 2 aliphatic rings. The summed E-state index contributed by atoms with van der Waals surface area (Å²) in [6.07, 6.45) is 4.97. The van der Waals surface area contributed by atoms with E-state index in [0.717, 1.165) is 50.8 Å². The van der Waals surface area contributed by atoms with Gasteiger partial charge in [0, 0.05) is 23.8 Å². The van der Waals surface area contributed by atoms with Gasteiger partial charge in [-0.25, -0.2) is 0 Å². The van der Waals surface area contributed by atoms with E-state index < -0.39 is 0 Å². The Hall–Kier alpha value is -1.91. The van der Waals surface area contributed by atoms with Crippen LogP contribution in [-0.4, -0.2) is 36.3 Å². The van der Waals surface area contributed by atoms with Crippen LogP contribution in [0, 0.1) is 23.2 Å². The van der Waals surface area contributed by atoms with Crippen molar-refractivity contribution >= 4 is 28.2 Å². The van der Waals surface area contributed by atoms with Crippen LogP contribution in [0.1, 0.15) is 48.6 Å². The van der Waals surface area contributed by atoms with Crippen molar-refractivity contribution in [1.82, 2.24) is 4.90 Å². The topological polar surface area (TPSA) is 99.2 Å². The Labute approximate surface area is 158 Å². The number of nitrogens with two attached hydrogens (primary N) is 1. The second kappa shape index (κ2) is 8.19. The monoisotopic (exact) mass is 374 g/mol. The Bertz CT molecular complexity index is 729. The van der Waals surface area contributed by atoms with Crippen molar-refractivity contribution in [2.45, 2.75) is 45.4 Å². The van der Waals surface area contributed by atoms with Crippen LogP contribution >= 0.6 is 11.3 Å². The van der Waals surface area contributed by atoms with Gasteiger partial charge in [-0.05, 0) is 56.7 Å². The van der Waals surface area contributed by atoms with E-state index in [1.807, 2.05) is 0 Å². The second-order valence-electron chi connectivity index (χ2n) is 7.48. The number of hydrogen-bond acceptors (Lipinski definition) is 5. The van der Waals surface area contributed by atoms with Crippen LogP contribution in [0.15, 0.2) is 0 Å². The molecule has 0 spiro atoms. The van der Waals surface area contributed by atoms with Gasteiger partial charge < -0.3 is 16.0 Å². The highest BCUT2D eigenvalue weighted by Crippen LogP contribution is 2.39. The van der Waals surface area contributed by atoms with E-state index in [1.54, 1.807) is 11.3 Å². The number of rotatable bonds is 5. The number of nitrogens with zero attached hydrogens (tertiary/aromatic N) is 2. The fourth-order valence-electron chi connectivity index (χ4n) is 3.85. The summed E-state index contributed by atoms with van der Waals surface area (Å²) in [5.74, 6) is 0.338. The first kappa shape index (κ1) is 18.9. The van der Waals surface area contributed by atoms with E-state index in [9.17, 15) is 14.9 Å². The first-order valence-corrected chi connectivity index (χ1v) is 10.2. The lowest BCUT2D eigenvalue weighted by Gasteiger charge is -2.30. The number of nitriles is 1. The standard InChI is InChI=1S/C19H26N4O2S/c1-12-2-3-14-15(11-20)19(26-16(14)10-12)22-17(24)6-9-23-7-4-13(5-8-23)18(21)25/h12-13H,2-10H2,1H3,(H2,21,25)(H,22,24). The predicted molar refractivity (Wildman–Crippen MR) is 102 cm³/mol. The van der Waals surface area contributed by atoms with Gasteiger partial charge in [-0.15, -0.1) is 11.3 Å². The van der Waals surface area contributed by atoms with Crippen LogP contribution < -0.4 is 11.1 Å². The molecule has 3 N–H and O–H groups in total. The van der Waals surface area contributed by atoms with Crippen LogP contribution in [0.3, 0.4) is 0 Å². The fourth-order valence-corrected chi connectivity index (χ4v) is 5.22. The average molecular weight is 375 g/mol. The first-order valence-electron chi connectivity index (χ1n) is 9.34. The van der Waals surface area contributed by atoms with Gasteiger partial charge >= 0.3 is 0 Å². The molecule has 6 nitrogen and oxygen atoms in total. The lowest BCUT2D eigenvalue weighted by molar-refractivity contribution is -0.123. The Kier molecular flexibility index (Phi) is 5.94. The predicted octanol–water partition coefficient (Wildman–Crippen LogP) is 2.27. The zero-order valence-corrected chi connectivity index (χ0v) is 16.0. The molecule has 1 aromatic rings. The quantitative estimate of drug-likeness (QED) is 0.826. The minimum Gasteiger partial charge on any atom is -0.369 e. The molecule has 1 aliphatic heterocycles. The number of thiophene rings is 1. The maximum absolute atomic E-state index is 12.4. The number of primary amides is 1. The van der Waals surface area contributed by atoms with Crippen LogP contribution in [-0.2, 0) is 22.4 Å². The average Bonchev–Trinajstić information content (AvgIpc) is 2.96. The van der Waals surface area contributed by atoms with Gasteiger partial charge in [-0.1, -0.05) is 6.92 Å². The molecule has 1 unspecified atom stereocenters. The van der Waals surface area contributed by atoms with Gasteiger partial charge in [-0.3, -0.25) is 9.59 Å². The van der Waals surface area contributed by atoms with E-state index in [2.05, 4.69) is 23.2 Å². The number of fused-ring (bicyclic) bond motifs is 1. The lowest BCUT2D eigenvalue weighted by atomic mass is 9.89. The molecule has 0 aromatic carbocycles. The third-order valence-corrected chi connectivity index (χ3v) is 6.69.